The highest BCUT2D eigenvalue weighted by Crippen LogP contribution is 2.36. The fourth-order valence-electron chi connectivity index (χ4n) is 3.72. The first kappa shape index (κ1) is 19.9. The van der Waals surface area contributed by atoms with Crippen molar-refractivity contribution in [1.29, 1.82) is 0 Å². The van der Waals surface area contributed by atoms with E-state index in [9.17, 15) is 0 Å². The highest BCUT2D eigenvalue weighted by molar-refractivity contribution is 14.0. The van der Waals surface area contributed by atoms with E-state index >= 15 is 0 Å². The number of halogens is 1. The third kappa shape index (κ3) is 5.05. The molecule has 0 amide bonds. The second-order valence-electron chi connectivity index (χ2n) is 6.44. The molecular formula is C17H29IN4OS. The van der Waals surface area contributed by atoms with E-state index in [1.54, 1.807) is 12.5 Å². The maximum atomic E-state index is 5.11. The van der Waals surface area contributed by atoms with Gasteiger partial charge in [0, 0.05) is 55.8 Å². The van der Waals surface area contributed by atoms with Crippen LogP contribution in [0.3, 0.4) is 0 Å². The van der Waals surface area contributed by atoms with E-state index in [1.807, 2.05) is 13.1 Å². The lowest BCUT2D eigenvalue weighted by Crippen LogP contribution is -2.57. The fraction of sp³-hybridized carbons (Fsp3) is 0.706. The molecule has 0 bridgehead atoms. The lowest BCUT2D eigenvalue weighted by atomic mass is 9.94. The Kier molecular flexibility index (Phi) is 8.22. The summed E-state index contributed by atoms with van der Waals surface area (Å²) < 4.78 is 5.11. The fourth-order valence-corrected chi connectivity index (χ4v) is 4.63. The number of furan rings is 1. The van der Waals surface area contributed by atoms with Gasteiger partial charge >= 0.3 is 0 Å². The van der Waals surface area contributed by atoms with E-state index in [0.29, 0.717) is 5.54 Å². The van der Waals surface area contributed by atoms with Crippen molar-refractivity contribution in [1.82, 2.24) is 15.5 Å². The van der Waals surface area contributed by atoms with Gasteiger partial charge < -0.3 is 15.1 Å². The van der Waals surface area contributed by atoms with Gasteiger partial charge in [0.2, 0.25) is 0 Å². The molecule has 0 atom stereocenters. The van der Waals surface area contributed by atoms with Crippen LogP contribution in [0.1, 0.15) is 31.2 Å². The molecule has 2 N–H and O–H groups in total. The number of thioether (sulfide) groups is 1. The SMILES string of the molecule is CN=C(NCc1ccoc1)NCC1(N2CCSCC2)CCCC1.I. The average Bonchev–Trinajstić information content (AvgIpc) is 3.28. The molecule has 2 heterocycles. The zero-order valence-corrected chi connectivity index (χ0v) is 17.6. The Hall–Kier alpha value is -0.410. The van der Waals surface area contributed by atoms with Gasteiger partial charge in [-0.2, -0.15) is 11.8 Å². The third-order valence-electron chi connectivity index (χ3n) is 5.06. The minimum atomic E-state index is 0. The number of hydrogen-bond donors (Lipinski definition) is 2. The van der Waals surface area contributed by atoms with Gasteiger partial charge in [0.25, 0.3) is 0 Å². The van der Waals surface area contributed by atoms with Crippen LogP contribution < -0.4 is 10.6 Å². The van der Waals surface area contributed by atoms with Crippen molar-refractivity contribution in [3.8, 4) is 0 Å². The Morgan fingerprint density at radius 2 is 2.04 bits per heavy atom. The molecule has 0 unspecified atom stereocenters. The Labute approximate surface area is 166 Å². The van der Waals surface area contributed by atoms with Gasteiger partial charge in [-0.05, 0) is 18.9 Å². The summed E-state index contributed by atoms with van der Waals surface area (Å²) in [6, 6.07) is 1.98. The summed E-state index contributed by atoms with van der Waals surface area (Å²) in [6.45, 7) is 4.19. The molecule has 2 fully saturated rings. The highest BCUT2D eigenvalue weighted by atomic mass is 127. The van der Waals surface area contributed by atoms with E-state index in [4.69, 9.17) is 4.42 Å². The van der Waals surface area contributed by atoms with Crippen LogP contribution in [-0.4, -0.2) is 54.6 Å². The van der Waals surface area contributed by atoms with Gasteiger partial charge in [0.05, 0.1) is 12.5 Å². The molecule has 2 aliphatic rings. The summed E-state index contributed by atoms with van der Waals surface area (Å²) in [5.74, 6) is 3.42. The average molecular weight is 464 g/mol. The summed E-state index contributed by atoms with van der Waals surface area (Å²) in [4.78, 5) is 7.09. The number of nitrogens with one attached hydrogen (secondary N) is 2. The second-order valence-corrected chi connectivity index (χ2v) is 7.67. The van der Waals surface area contributed by atoms with Crippen molar-refractivity contribution in [3.63, 3.8) is 0 Å². The topological polar surface area (TPSA) is 52.8 Å². The summed E-state index contributed by atoms with van der Waals surface area (Å²) in [5.41, 5.74) is 1.46. The van der Waals surface area contributed by atoms with Crippen LogP contribution in [-0.2, 0) is 6.54 Å². The zero-order valence-electron chi connectivity index (χ0n) is 14.4. The molecule has 1 aromatic heterocycles. The van der Waals surface area contributed by atoms with Gasteiger partial charge in [-0.1, -0.05) is 12.8 Å². The summed E-state index contributed by atoms with van der Waals surface area (Å²) in [5, 5.41) is 6.94. The van der Waals surface area contributed by atoms with Gasteiger partial charge in [0.15, 0.2) is 5.96 Å². The van der Waals surface area contributed by atoms with Gasteiger partial charge in [-0.15, -0.1) is 24.0 Å². The van der Waals surface area contributed by atoms with Gasteiger partial charge in [-0.25, -0.2) is 0 Å². The lowest BCUT2D eigenvalue weighted by Gasteiger charge is -2.43. The first-order chi connectivity index (χ1) is 11.3. The number of hydrogen-bond acceptors (Lipinski definition) is 4. The molecule has 1 saturated carbocycles. The standard InChI is InChI=1S/C17H28N4OS.HI/c1-18-16(19-12-15-4-9-22-13-15)20-14-17(5-2-3-6-17)21-7-10-23-11-8-21;/h4,9,13H,2-3,5-8,10-12,14H2,1H3,(H2,18,19,20);1H. The lowest BCUT2D eigenvalue weighted by molar-refractivity contribution is 0.107. The number of nitrogens with zero attached hydrogens (tertiary/aromatic N) is 2. The largest absolute Gasteiger partial charge is 0.472 e. The molecule has 7 heteroatoms. The molecule has 5 nitrogen and oxygen atoms in total. The molecule has 0 spiro atoms. The molecule has 0 aromatic carbocycles. The van der Waals surface area contributed by atoms with Crippen LogP contribution in [0.15, 0.2) is 28.0 Å². The van der Waals surface area contributed by atoms with E-state index < -0.39 is 0 Å². The molecule has 3 rings (SSSR count). The van der Waals surface area contributed by atoms with E-state index in [2.05, 4.69) is 32.3 Å². The first-order valence-electron chi connectivity index (χ1n) is 8.61. The molecular weight excluding hydrogens is 435 g/mol. The van der Waals surface area contributed by atoms with E-state index in [-0.39, 0.29) is 24.0 Å². The van der Waals surface area contributed by atoms with Crippen molar-refractivity contribution >= 4 is 41.7 Å². The van der Waals surface area contributed by atoms with Crippen LogP contribution in [0.25, 0.3) is 0 Å². The van der Waals surface area contributed by atoms with Crippen molar-refractivity contribution in [2.75, 3.05) is 38.2 Å². The highest BCUT2D eigenvalue weighted by Gasteiger charge is 2.39. The Morgan fingerprint density at radius 3 is 2.67 bits per heavy atom. The van der Waals surface area contributed by atoms with Crippen LogP contribution in [0, 0.1) is 0 Å². The maximum absolute atomic E-state index is 5.11. The molecule has 0 radical (unpaired) electrons. The predicted octanol–water partition coefficient (Wildman–Crippen LogP) is 2.92. The molecule has 136 valence electrons. The molecule has 1 aromatic rings. The summed E-state index contributed by atoms with van der Waals surface area (Å²) in [7, 11) is 1.84. The van der Waals surface area contributed by atoms with Crippen LogP contribution >= 0.6 is 35.7 Å². The zero-order chi connectivity index (χ0) is 16.0. The minimum absolute atomic E-state index is 0. The maximum Gasteiger partial charge on any atom is 0.191 e. The smallest absolute Gasteiger partial charge is 0.191 e. The van der Waals surface area contributed by atoms with Crippen molar-refractivity contribution in [3.05, 3.63) is 24.2 Å². The molecule has 1 saturated heterocycles. The minimum Gasteiger partial charge on any atom is -0.472 e. The van der Waals surface area contributed by atoms with Gasteiger partial charge in [-0.3, -0.25) is 9.89 Å². The number of aliphatic imine (C=N–C) groups is 1. The van der Waals surface area contributed by atoms with Gasteiger partial charge in [0.1, 0.15) is 0 Å². The van der Waals surface area contributed by atoms with Crippen molar-refractivity contribution in [2.45, 2.75) is 37.8 Å². The first-order valence-corrected chi connectivity index (χ1v) is 9.76. The van der Waals surface area contributed by atoms with Crippen LogP contribution in [0.5, 0.6) is 0 Å². The van der Waals surface area contributed by atoms with E-state index in [0.717, 1.165) is 24.6 Å². The Balaban J connectivity index is 0.00000208. The van der Waals surface area contributed by atoms with Crippen molar-refractivity contribution < 1.29 is 4.42 Å². The third-order valence-corrected chi connectivity index (χ3v) is 6.01. The molecule has 24 heavy (non-hydrogen) atoms. The Morgan fingerprint density at radius 1 is 1.29 bits per heavy atom. The summed E-state index contributed by atoms with van der Waals surface area (Å²) in [6.07, 6.45) is 8.80. The number of guanidine groups is 1. The number of rotatable bonds is 5. The molecule has 1 aliphatic heterocycles. The normalized spacial score (nSPS) is 21.3. The Bertz CT molecular complexity index is 497. The summed E-state index contributed by atoms with van der Waals surface area (Å²) >= 11 is 2.08. The quantitative estimate of drug-likeness (QED) is 0.399. The van der Waals surface area contributed by atoms with Crippen molar-refractivity contribution in [2.24, 2.45) is 4.99 Å². The predicted molar refractivity (Wildman–Crippen MR) is 112 cm³/mol. The van der Waals surface area contributed by atoms with Crippen LogP contribution in [0.2, 0.25) is 0 Å². The second kappa shape index (κ2) is 9.91. The molecule has 1 aliphatic carbocycles. The van der Waals surface area contributed by atoms with E-state index in [1.165, 1.54) is 50.3 Å². The monoisotopic (exact) mass is 464 g/mol. The van der Waals surface area contributed by atoms with Crippen LogP contribution in [0.4, 0.5) is 0 Å².